The Balaban J connectivity index is 1.87. The molecule has 0 bridgehead atoms. The maximum atomic E-state index is 12.6. The summed E-state index contributed by atoms with van der Waals surface area (Å²) in [6.45, 7) is 3.55. The number of amides is 1. The van der Waals surface area contributed by atoms with E-state index in [1.165, 1.54) is 12.1 Å². The summed E-state index contributed by atoms with van der Waals surface area (Å²) in [7, 11) is 0. The highest BCUT2D eigenvalue weighted by Crippen LogP contribution is 2.24. The molecule has 3 aromatic rings. The van der Waals surface area contributed by atoms with Gasteiger partial charge in [0.1, 0.15) is 6.04 Å². The van der Waals surface area contributed by atoms with Crippen LogP contribution in [0.15, 0.2) is 48.8 Å². The van der Waals surface area contributed by atoms with Gasteiger partial charge in [0.05, 0.1) is 28.0 Å². The molecule has 0 saturated carbocycles. The number of anilines is 1. The van der Waals surface area contributed by atoms with E-state index >= 15 is 0 Å². The third-order valence-electron chi connectivity index (χ3n) is 3.97. The number of carbonyl (C=O) groups is 1. The summed E-state index contributed by atoms with van der Waals surface area (Å²) in [5.41, 5.74) is 2.80. The number of nitro groups is 1. The molecular weight excluding hydrogens is 308 g/mol. The normalized spacial score (nSPS) is 12.1. The largest absolute Gasteiger partial charge is 0.324 e. The first-order valence-corrected chi connectivity index (χ1v) is 7.45. The van der Waals surface area contributed by atoms with Crippen LogP contribution in [0.2, 0.25) is 0 Å². The molecular formula is C17H16N4O3. The van der Waals surface area contributed by atoms with E-state index in [0.29, 0.717) is 5.69 Å². The van der Waals surface area contributed by atoms with Crippen molar-refractivity contribution >= 4 is 28.3 Å². The van der Waals surface area contributed by atoms with Gasteiger partial charge in [0, 0.05) is 12.1 Å². The smallest absolute Gasteiger partial charge is 0.271 e. The molecule has 0 aliphatic carbocycles. The number of rotatable bonds is 4. The van der Waals surface area contributed by atoms with Gasteiger partial charge in [-0.2, -0.15) is 0 Å². The van der Waals surface area contributed by atoms with Crippen molar-refractivity contribution in [2.24, 2.45) is 0 Å². The number of hydrogen-bond donors (Lipinski definition) is 1. The molecule has 1 N–H and O–H groups in total. The van der Waals surface area contributed by atoms with Crippen molar-refractivity contribution < 1.29 is 9.72 Å². The van der Waals surface area contributed by atoms with Crippen molar-refractivity contribution in [2.45, 2.75) is 19.9 Å². The van der Waals surface area contributed by atoms with E-state index in [1.807, 2.05) is 24.3 Å². The Bertz CT molecular complexity index is 932. The average molecular weight is 324 g/mol. The van der Waals surface area contributed by atoms with Gasteiger partial charge in [-0.3, -0.25) is 14.9 Å². The van der Waals surface area contributed by atoms with Gasteiger partial charge in [0.15, 0.2) is 0 Å². The van der Waals surface area contributed by atoms with Gasteiger partial charge < -0.3 is 9.88 Å². The minimum atomic E-state index is -0.504. The number of aryl methyl sites for hydroxylation is 1. The van der Waals surface area contributed by atoms with Crippen LogP contribution < -0.4 is 5.32 Å². The van der Waals surface area contributed by atoms with E-state index < -0.39 is 11.0 Å². The SMILES string of the molecule is Cc1ccc([N+](=O)[O-])cc1NC(=O)[C@@H](C)n1cnc2ccccc21. The predicted molar refractivity (Wildman–Crippen MR) is 90.9 cm³/mol. The van der Waals surface area contributed by atoms with Crippen LogP contribution in [-0.2, 0) is 4.79 Å². The van der Waals surface area contributed by atoms with Crippen LogP contribution in [0, 0.1) is 17.0 Å². The second-order valence-electron chi connectivity index (χ2n) is 5.56. The third kappa shape index (κ3) is 2.83. The molecule has 1 atom stereocenters. The number of aromatic nitrogens is 2. The highest BCUT2D eigenvalue weighted by atomic mass is 16.6. The van der Waals surface area contributed by atoms with Crippen LogP contribution in [0.1, 0.15) is 18.5 Å². The van der Waals surface area contributed by atoms with Crippen LogP contribution in [-0.4, -0.2) is 20.4 Å². The number of hydrogen-bond acceptors (Lipinski definition) is 4. The van der Waals surface area contributed by atoms with E-state index in [1.54, 1.807) is 30.8 Å². The average Bonchev–Trinajstić information content (AvgIpc) is 2.99. The van der Waals surface area contributed by atoms with Crippen LogP contribution in [0.25, 0.3) is 11.0 Å². The predicted octanol–water partition coefficient (Wildman–Crippen LogP) is 3.45. The first kappa shape index (κ1) is 15.7. The fourth-order valence-corrected chi connectivity index (χ4v) is 2.51. The number of fused-ring (bicyclic) bond motifs is 1. The van der Waals surface area contributed by atoms with E-state index in [0.717, 1.165) is 16.6 Å². The van der Waals surface area contributed by atoms with Crippen molar-refractivity contribution in [3.05, 3.63) is 64.5 Å². The van der Waals surface area contributed by atoms with E-state index in [9.17, 15) is 14.9 Å². The summed E-state index contributed by atoms with van der Waals surface area (Å²) in [6, 6.07) is 11.4. The number of nitrogens with zero attached hydrogens (tertiary/aromatic N) is 3. The van der Waals surface area contributed by atoms with E-state index in [4.69, 9.17) is 0 Å². The fourth-order valence-electron chi connectivity index (χ4n) is 2.51. The number of nitro benzene ring substituents is 1. The molecule has 24 heavy (non-hydrogen) atoms. The number of imidazole rings is 1. The molecule has 1 aromatic heterocycles. The number of nitrogens with one attached hydrogen (secondary N) is 1. The molecule has 7 nitrogen and oxygen atoms in total. The van der Waals surface area contributed by atoms with E-state index in [-0.39, 0.29) is 11.6 Å². The Morgan fingerprint density at radius 1 is 1.29 bits per heavy atom. The van der Waals surface area contributed by atoms with Crippen molar-refractivity contribution in [1.82, 2.24) is 9.55 Å². The number of para-hydroxylation sites is 2. The summed E-state index contributed by atoms with van der Waals surface area (Å²) in [5.74, 6) is -0.262. The highest BCUT2D eigenvalue weighted by molar-refractivity contribution is 5.95. The molecule has 2 aromatic carbocycles. The van der Waals surface area contributed by atoms with Crippen LogP contribution >= 0.6 is 0 Å². The lowest BCUT2D eigenvalue weighted by Crippen LogP contribution is -2.23. The molecule has 0 fully saturated rings. The first-order chi connectivity index (χ1) is 11.5. The molecule has 122 valence electrons. The van der Waals surface area contributed by atoms with E-state index in [2.05, 4.69) is 10.3 Å². The monoisotopic (exact) mass is 324 g/mol. The topological polar surface area (TPSA) is 90.1 Å². The second kappa shape index (κ2) is 6.11. The summed E-state index contributed by atoms with van der Waals surface area (Å²) < 4.78 is 1.78. The molecule has 0 aliphatic rings. The fraction of sp³-hybridized carbons (Fsp3) is 0.176. The number of non-ortho nitro benzene ring substituents is 1. The molecule has 0 saturated heterocycles. The minimum absolute atomic E-state index is 0.0587. The van der Waals surface area contributed by atoms with Crippen LogP contribution in [0.5, 0.6) is 0 Å². The lowest BCUT2D eigenvalue weighted by atomic mass is 10.1. The van der Waals surface area contributed by atoms with Crippen LogP contribution in [0.4, 0.5) is 11.4 Å². The number of carbonyl (C=O) groups excluding carboxylic acids is 1. The molecule has 0 aliphatic heterocycles. The Morgan fingerprint density at radius 2 is 2.04 bits per heavy atom. The molecule has 7 heteroatoms. The Kier molecular flexibility index (Phi) is 3.99. The van der Waals surface area contributed by atoms with Gasteiger partial charge in [0.25, 0.3) is 5.69 Å². The Labute approximate surface area is 138 Å². The maximum Gasteiger partial charge on any atom is 0.271 e. The standard InChI is InChI=1S/C17H16N4O3/c1-11-7-8-13(21(23)24)9-15(11)19-17(22)12(2)20-10-18-14-5-3-4-6-16(14)20/h3-10,12H,1-2H3,(H,19,22)/t12-/m1/s1. The first-order valence-electron chi connectivity index (χ1n) is 7.45. The Hall–Kier alpha value is -3.22. The minimum Gasteiger partial charge on any atom is -0.324 e. The van der Waals surface area contributed by atoms with Crippen molar-refractivity contribution in [3.63, 3.8) is 0 Å². The zero-order valence-corrected chi connectivity index (χ0v) is 13.3. The third-order valence-corrected chi connectivity index (χ3v) is 3.97. The lowest BCUT2D eigenvalue weighted by Gasteiger charge is -2.15. The summed E-state index contributed by atoms with van der Waals surface area (Å²) in [4.78, 5) is 27.2. The summed E-state index contributed by atoms with van der Waals surface area (Å²) in [5, 5.41) is 13.7. The van der Waals surface area contributed by atoms with Crippen LogP contribution in [0.3, 0.4) is 0 Å². The van der Waals surface area contributed by atoms with Gasteiger partial charge in [-0.15, -0.1) is 0 Å². The number of benzene rings is 2. The molecule has 1 amide bonds. The van der Waals surface area contributed by atoms with Gasteiger partial charge in [-0.25, -0.2) is 4.98 Å². The molecule has 0 radical (unpaired) electrons. The lowest BCUT2D eigenvalue weighted by molar-refractivity contribution is -0.384. The van der Waals surface area contributed by atoms with Gasteiger partial charge >= 0.3 is 0 Å². The van der Waals surface area contributed by atoms with Gasteiger partial charge in [-0.1, -0.05) is 18.2 Å². The van der Waals surface area contributed by atoms with Crippen molar-refractivity contribution in [3.8, 4) is 0 Å². The quantitative estimate of drug-likeness (QED) is 0.588. The van der Waals surface area contributed by atoms with Gasteiger partial charge in [0.2, 0.25) is 5.91 Å². The zero-order chi connectivity index (χ0) is 17.3. The second-order valence-corrected chi connectivity index (χ2v) is 5.56. The zero-order valence-electron chi connectivity index (χ0n) is 13.3. The maximum absolute atomic E-state index is 12.6. The molecule has 3 rings (SSSR count). The Morgan fingerprint density at radius 3 is 2.79 bits per heavy atom. The van der Waals surface area contributed by atoms with Gasteiger partial charge in [-0.05, 0) is 31.5 Å². The molecule has 0 unspecified atom stereocenters. The van der Waals surface area contributed by atoms with Crippen molar-refractivity contribution in [1.29, 1.82) is 0 Å². The highest BCUT2D eigenvalue weighted by Gasteiger charge is 2.19. The van der Waals surface area contributed by atoms with Crippen molar-refractivity contribution in [2.75, 3.05) is 5.32 Å². The molecule has 0 spiro atoms. The summed E-state index contributed by atoms with van der Waals surface area (Å²) >= 11 is 0. The molecule has 1 heterocycles. The summed E-state index contributed by atoms with van der Waals surface area (Å²) in [6.07, 6.45) is 1.62.